The zero-order chi connectivity index (χ0) is 16.3. The summed E-state index contributed by atoms with van der Waals surface area (Å²) in [5.41, 5.74) is 0. The molecule has 0 aromatic heterocycles. The number of nitrogens with zero attached hydrogens (tertiary/aromatic N) is 2. The highest BCUT2D eigenvalue weighted by atomic mass is 16.7. The van der Waals surface area contributed by atoms with Gasteiger partial charge in [-0.05, 0) is 0 Å². The van der Waals surface area contributed by atoms with Crippen molar-refractivity contribution in [2.24, 2.45) is 0 Å². The van der Waals surface area contributed by atoms with Crippen LogP contribution < -0.4 is 0 Å². The zero-order valence-electron chi connectivity index (χ0n) is 10.9. The van der Waals surface area contributed by atoms with Gasteiger partial charge in [-0.25, -0.2) is 9.59 Å². The van der Waals surface area contributed by atoms with Crippen molar-refractivity contribution in [1.29, 1.82) is 0 Å². The summed E-state index contributed by atoms with van der Waals surface area (Å²) in [4.78, 5) is 76.2. The largest absolute Gasteiger partial charge is 0.333 e. The SMILES string of the molecule is O=C(CCC(=O)ON1C(=O)C=CC1=O)ON1C(=O)C=CC1=O. The Hall–Kier alpha value is -3.30. The molecule has 10 nitrogen and oxygen atoms in total. The van der Waals surface area contributed by atoms with E-state index in [1.54, 1.807) is 0 Å². The van der Waals surface area contributed by atoms with Gasteiger partial charge < -0.3 is 9.68 Å². The maximum absolute atomic E-state index is 11.4. The van der Waals surface area contributed by atoms with Gasteiger partial charge in [-0.2, -0.15) is 0 Å². The highest BCUT2D eigenvalue weighted by molar-refractivity contribution is 6.13. The van der Waals surface area contributed by atoms with E-state index in [9.17, 15) is 28.8 Å². The molecule has 0 radical (unpaired) electrons. The van der Waals surface area contributed by atoms with Gasteiger partial charge in [0.15, 0.2) is 0 Å². The molecule has 0 saturated carbocycles. The molecule has 22 heavy (non-hydrogen) atoms. The van der Waals surface area contributed by atoms with Crippen LogP contribution in [0.4, 0.5) is 0 Å². The first-order chi connectivity index (χ1) is 10.4. The van der Waals surface area contributed by atoms with Crippen LogP contribution >= 0.6 is 0 Å². The number of carbonyl (C=O) groups is 6. The molecule has 10 heteroatoms. The summed E-state index contributed by atoms with van der Waals surface area (Å²) in [7, 11) is 0. The van der Waals surface area contributed by atoms with Crippen molar-refractivity contribution < 1.29 is 38.4 Å². The Labute approximate surface area is 122 Å². The fraction of sp³-hybridized carbons (Fsp3) is 0.167. The maximum atomic E-state index is 11.4. The molecule has 0 unspecified atom stereocenters. The van der Waals surface area contributed by atoms with Crippen LogP contribution in [0.25, 0.3) is 0 Å². The first kappa shape index (κ1) is 15.1. The average molecular weight is 308 g/mol. The molecule has 0 N–H and O–H groups in total. The van der Waals surface area contributed by atoms with Crippen LogP contribution in [0.1, 0.15) is 12.8 Å². The number of hydrogen-bond donors (Lipinski definition) is 0. The molecule has 114 valence electrons. The minimum Gasteiger partial charge on any atom is -0.330 e. The van der Waals surface area contributed by atoms with Crippen molar-refractivity contribution in [3.63, 3.8) is 0 Å². The van der Waals surface area contributed by atoms with E-state index in [4.69, 9.17) is 0 Å². The normalized spacial score (nSPS) is 16.7. The second-order valence-electron chi connectivity index (χ2n) is 4.03. The van der Waals surface area contributed by atoms with Crippen LogP contribution in [0.3, 0.4) is 0 Å². The molecule has 4 amide bonds. The fourth-order valence-electron chi connectivity index (χ4n) is 1.45. The summed E-state index contributed by atoms with van der Waals surface area (Å²) in [6, 6.07) is 0. The van der Waals surface area contributed by atoms with Gasteiger partial charge in [0.05, 0.1) is 12.8 Å². The number of amides is 4. The number of imide groups is 2. The lowest BCUT2D eigenvalue weighted by molar-refractivity contribution is -0.200. The number of carbonyl (C=O) groups excluding carboxylic acids is 6. The summed E-state index contributed by atoms with van der Waals surface area (Å²) < 4.78 is 0. The van der Waals surface area contributed by atoms with E-state index in [1.807, 2.05) is 0 Å². The van der Waals surface area contributed by atoms with E-state index in [0.29, 0.717) is 0 Å². The number of rotatable bonds is 5. The molecule has 0 aliphatic carbocycles. The Bertz CT molecular complexity index is 556. The molecule has 2 aliphatic rings. The standard InChI is InChI=1S/C12H8N2O8/c15-7-1-2-8(16)13(7)21-11(19)5-6-12(20)22-14-9(17)3-4-10(14)18/h1-4H,5-6H2. The van der Waals surface area contributed by atoms with Gasteiger partial charge in [0.1, 0.15) is 0 Å². The number of hydroxylamine groups is 4. The van der Waals surface area contributed by atoms with Crippen molar-refractivity contribution in [1.82, 2.24) is 10.1 Å². The lowest BCUT2D eigenvalue weighted by Gasteiger charge is -2.13. The van der Waals surface area contributed by atoms with Gasteiger partial charge in [-0.1, -0.05) is 10.1 Å². The van der Waals surface area contributed by atoms with E-state index in [0.717, 1.165) is 24.3 Å². The summed E-state index contributed by atoms with van der Waals surface area (Å²) in [6.45, 7) is 0. The molecule has 0 atom stereocenters. The number of hydrogen-bond acceptors (Lipinski definition) is 8. The van der Waals surface area contributed by atoms with Gasteiger partial charge in [0.2, 0.25) is 0 Å². The molecule has 0 aromatic carbocycles. The Morgan fingerprint density at radius 3 is 1.23 bits per heavy atom. The molecule has 2 heterocycles. The molecule has 2 aliphatic heterocycles. The Balaban J connectivity index is 1.76. The van der Waals surface area contributed by atoms with Crippen molar-refractivity contribution in [3.05, 3.63) is 24.3 Å². The third kappa shape index (κ3) is 3.23. The van der Waals surface area contributed by atoms with Gasteiger partial charge in [-0.15, -0.1) is 0 Å². The van der Waals surface area contributed by atoms with E-state index in [2.05, 4.69) is 9.68 Å². The summed E-state index contributed by atoms with van der Waals surface area (Å²) >= 11 is 0. The molecular formula is C12H8N2O8. The first-order valence-corrected chi connectivity index (χ1v) is 5.92. The maximum Gasteiger partial charge on any atom is 0.333 e. The minimum atomic E-state index is -1.03. The van der Waals surface area contributed by atoms with Crippen LogP contribution in [-0.4, -0.2) is 45.7 Å². The smallest absolute Gasteiger partial charge is 0.330 e. The fourth-order valence-corrected chi connectivity index (χ4v) is 1.45. The second kappa shape index (κ2) is 5.99. The highest BCUT2D eigenvalue weighted by Crippen LogP contribution is 2.09. The predicted molar refractivity (Wildman–Crippen MR) is 63.4 cm³/mol. The Morgan fingerprint density at radius 1 is 0.682 bits per heavy atom. The topological polar surface area (TPSA) is 127 Å². The highest BCUT2D eigenvalue weighted by Gasteiger charge is 2.30. The van der Waals surface area contributed by atoms with Crippen LogP contribution in [0.5, 0.6) is 0 Å². The van der Waals surface area contributed by atoms with Crippen molar-refractivity contribution in [2.45, 2.75) is 12.8 Å². The van der Waals surface area contributed by atoms with Crippen LogP contribution in [0.15, 0.2) is 24.3 Å². The molecule has 0 aromatic rings. The van der Waals surface area contributed by atoms with Crippen LogP contribution in [-0.2, 0) is 38.4 Å². The molecule has 0 saturated heterocycles. The predicted octanol–water partition coefficient (Wildman–Crippen LogP) is -1.47. The van der Waals surface area contributed by atoms with E-state index in [1.165, 1.54) is 0 Å². The van der Waals surface area contributed by atoms with Gasteiger partial charge in [-0.3, -0.25) is 19.2 Å². The average Bonchev–Trinajstić information content (AvgIpc) is 2.95. The molecule has 0 spiro atoms. The van der Waals surface area contributed by atoms with Crippen LogP contribution in [0, 0.1) is 0 Å². The third-order valence-electron chi connectivity index (χ3n) is 2.46. The summed E-state index contributed by atoms with van der Waals surface area (Å²) in [5.74, 6) is -5.33. The third-order valence-corrected chi connectivity index (χ3v) is 2.46. The lowest BCUT2D eigenvalue weighted by atomic mass is 10.3. The monoisotopic (exact) mass is 308 g/mol. The van der Waals surface area contributed by atoms with Gasteiger partial charge in [0, 0.05) is 24.3 Å². The quantitative estimate of drug-likeness (QED) is 0.563. The second-order valence-corrected chi connectivity index (χ2v) is 4.03. The molecule has 2 rings (SSSR count). The van der Waals surface area contributed by atoms with E-state index < -0.39 is 48.4 Å². The Morgan fingerprint density at radius 2 is 0.955 bits per heavy atom. The lowest BCUT2D eigenvalue weighted by Crippen LogP contribution is -2.34. The van der Waals surface area contributed by atoms with Gasteiger partial charge in [0.25, 0.3) is 23.6 Å². The summed E-state index contributed by atoms with van der Waals surface area (Å²) in [6.07, 6.45) is 2.64. The van der Waals surface area contributed by atoms with E-state index >= 15 is 0 Å². The van der Waals surface area contributed by atoms with Crippen LogP contribution in [0.2, 0.25) is 0 Å². The summed E-state index contributed by atoms with van der Waals surface area (Å²) in [5, 5.41) is 0.482. The van der Waals surface area contributed by atoms with E-state index in [-0.39, 0.29) is 10.1 Å². The molecule has 0 fully saturated rings. The van der Waals surface area contributed by atoms with Crippen molar-refractivity contribution >= 4 is 35.6 Å². The Kier molecular flexibility index (Phi) is 4.11. The van der Waals surface area contributed by atoms with Crippen molar-refractivity contribution in [2.75, 3.05) is 0 Å². The first-order valence-electron chi connectivity index (χ1n) is 5.92. The minimum absolute atomic E-state index is 0.241. The zero-order valence-corrected chi connectivity index (χ0v) is 10.9. The molecular weight excluding hydrogens is 300 g/mol. The van der Waals surface area contributed by atoms with Gasteiger partial charge >= 0.3 is 11.9 Å². The van der Waals surface area contributed by atoms with Crippen molar-refractivity contribution in [3.8, 4) is 0 Å². The molecule has 0 bridgehead atoms.